The van der Waals surface area contributed by atoms with Crippen molar-refractivity contribution in [1.29, 1.82) is 0 Å². The van der Waals surface area contributed by atoms with Gasteiger partial charge in [0.25, 0.3) is 0 Å². The third kappa shape index (κ3) is 7.35. The number of anilines is 2. The number of rotatable bonds is 9. The number of nitrogens with zero attached hydrogens (tertiary/aromatic N) is 3. The van der Waals surface area contributed by atoms with Crippen LogP contribution in [0.25, 0.3) is 22.0 Å². The lowest BCUT2D eigenvalue weighted by Crippen LogP contribution is -2.42. The van der Waals surface area contributed by atoms with Crippen LogP contribution in [0.5, 0.6) is 11.6 Å². The summed E-state index contributed by atoms with van der Waals surface area (Å²) in [7, 11) is -3.54. The van der Waals surface area contributed by atoms with Crippen LogP contribution < -0.4 is 20.1 Å². The molecule has 0 saturated carbocycles. The Morgan fingerprint density at radius 3 is 2.57 bits per heavy atom. The molecule has 0 spiro atoms. The fraction of sp³-hybridized carbons (Fsp3) is 0.406. The molecule has 9 nitrogen and oxygen atoms in total. The van der Waals surface area contributed by atoms with Crippen LogP contribution >= 0.6 is 0 Å². The number of hydrogen-bond acceptors (Lipinski definition) is 8. The monoisotopic (exact) mass is 588 g/mol. The van der Waals surface area contributed by atoms with Crippen molar-refractivity contribution in [3.63, 3.8) is 0 Å². The van der Waals surface area contributed by atoms with Gasteiger partial charge in [-0.3, -0.25) is 4.72 Å². The van der Waals surface area contributed by atoms with Crippen molar-refractivity contribution in [2.45, 2.75) is 53.5 Å². The Labute approximate surface area is 248 Å². The standard InChI is InChI=1S/C32H40N6O3S/c1-21-17-23(20-33-19-21)36-31-35-15-12-27(37-31)26-11-8-14-34-30(26)41-29-22(2)18-28(24-9-6-7-10-25(24)29)38-42(39,40)16-13-32(3,4)5/h6-12,14-15,18,21,23,33,38H,13,16-17,19-20H2,1-5H3,(H,35,36,37)/t21-,23+/m1/s1. The molecule has 2 aromatic carbocycles. The zero-order chi connectivity index (χ0) is 29.9. The summed E-state index contributed by atoms with van der Waals surface area (Å²) in [6.07, 6.45) is 5.03. The third-order valence-electron chi connectivity index (χ3n) is 7.37. The van der Waals surface area contributed by atoms with Crippen LogP contribution in [0, 0.1) is 18.3 Å². The minimum absolute atomic E-state index is 0.0471. The van der Waals surface area contributed by atoms with Crippen molar-refractivity contribution >= 4 is 32.4 Å². The number of piperidine rings is 1. The van der Waals surface area contributed by atoms with Crippen molar-refractivity contribution in [3.05, 3.63) is 66.5 Å². The average Bonchev–Trinajstić information content (AvgIpc) is 2.94. The summed E-state index contributed by atoms with van der Waals surface area (Å²) in [5.74, 6) is 2.21. The van der Waals surface area contributed by atoms with Crippen LogP contribution in [-0.2, 0) is 10.0 Å². The van der Waals surface area contributed by atoms with E-state index in [-0.39, 0.29) is 17.2 Å². The minimum Gasteiger partial charge on any atom is -0.437 e. The number of pyridine rings is 1. The van der Waals surface area contributed by atoms with E-state index in [1.807, 2.05) is 76.2 Å². The summed E-state index contributed by atoms with van der Waals surface area (Å²) in [4.78, 5) is 13.8. The highest BCUT2D eigenvalue weighted by Crippen LogP contribution is 2.40. The van der Waals surface area contributed by atoms with Gasteiger partial charge in [0.15, 0.2) is 0 Å². The van der Waals surface area contributed by atoms with Crippen LogP contribution in [0.15, 0.2) is 60.9 Å². The SMILES string of the molecule is Cc1cc(NS(=O)(=O)CCC(C)(C)C)c2ccccc2c1Oc1ncccc1-c1ccnc(N[C@@H]2CNC[C@H](C)C2)n1. The van der Waals surface area contributed by atoms with E-state index in [0.29, 0.717) is 41.3 Å². The lowest BCUT2D eigenvalue weighted by Gasteiger charge is -2.28. The van der Waals surface area contributed by atoms with Gasteiger partial charge in [-0.15, -0.1) is 0 Å². The number of aromatic nitrogens is 3. The average molecular weight is 589 g/mol. The maximum absolute atomic E-state index is 13.0. The van der Waals surface area contributed by atoms with E-state index >= 15 is 0 Å². The van der Waals surface area contributed by atoms with Gasteiger partial charge >= 0.3 is 0 Å². The Kier molecular flexibility index (Phi) is 8.65. The molecule has 2 aromatic heterocycles. The van der Waals surface area contributed by atoms with Crippen molar-refractivity contribution in [3.8, 4) is 22.9 Å². The fourth-order valence-electron chi connectivity index (χ4n) is 5.16. The highest BCUT2D eigenvalue weighted by molar-refractivity contribution is 7.92. The van der Waals surface area contributed by atoms with Gasteiger partial charge in [0, 0.05) is 35.8 Å². The van der Waals surface area contributed by atoms with Gasteiger partial charge in [0.2, 0.25) is 21.9 Å². The van der Waals surface area contributed by atoms with E-state index in [1.54, 1.807) is 12.4 Å². The molecule has 1 saturated heterocycles. The molecule has 4 aromatic rings. The van der Waals surface area contributed by atoms with Crippen LogP contribution in [0.4, 0.5) is 11.6 Å². The summed E-state index contributed by atoms with van der Waals surface area (Å²) in [5.41, 5.74) is 2.65. The first-order chi connectivity index (χ1) is 20.0. The first kappa shape index (κ1) is 29.7. The number of fused-ring (bicyclic) bond motifs is 1. The van der Waals surface area contributed by atoms with Crippen molar-refractivity contribution in [2.24, 2.45) is 11.3 Å². The number of ether oxygens (including phenoxy) is 1. The van der Waals surface area contributed by atoms with E-state index in [4.69, 9.17) is 9.72 Å². The highest BCUT2D eigenvalue weighted by atomic mass is 32.2. The van der Waals surface area contributed by atoms with E-state index in [9.17, 15) is 8.42 Å². The van der Waals surface area contributed by atoms with Gasteiger partial charge in [-0.25, -0.2) is 23.4 Å². The molecule has 1 aliphatic rings. The molecule has 42 heavy (non-hydrogen) atoms. The lowest BCUT2D eigenvalue weighted by atomic mass is 9.94. The number of hydrogen-bond donors (Lipinski definition) is 3. The number of benzene rings is 2. The Morgan fingerprint density at radius 1 is 1.02 bits per heavy atom. The van der Waals surface area contributed by atoms with Gasteiger partial charge in [0.05, 0.1) is 22.7 Å². The minimum atomic E-state index is -3.54. The first-order valence-electron chi connectivity index (χ1n) is 14.4. The Balaban J connectivity index is 1.45. The summed E-state index contributed by atoms with van der Waals surface area (Å²) in [5, 5.41) is 8.45. The smallest absolute Gasteiger partial charge is 0.232 e. The van der Waals surface area contributed by atoms with E-state index in [0.717, 1.165) is 41.4 Å². The molecule has 3 heterocycles. The van der Waals surface area contributed by atoms with Gasteiger partial charge in [-0.05, 0) is 67.5 Å². The Hall–Kier alpha value is -3.76. The molecule has 0 radical (unpaired) electrons. The largest absolute Gasteiger partial charge is 0.437 e. The summed E-state index contributed by atoms with van der Waals surface area (Å²) >= 11 is 0. The molecule has 5 rings (SSSR count). The van der Waals surface area contributed by atoms with E-state index in [2.05, 4.69) is 32.2 Å². The Morgan fingerprint density at radius 2 is 1.81 bits per heavy atom. The van der Waals surface area contributed by atoms with Crippen LogP contribution in [-0.4, -0.2) is 48.3 Å². The molecular formula is C32H40N6O3S. The quantitative estimate of drug-likeness (QED) is 0.206. The predicted molar refractivity (Wildman–Crippen MR) is 170 cm³/mol. The van der Waals surface area contributed by atoms with Gasteiger partial charge in [-0.1, -0.05) is 52.0 Å². The number of aryl methyl sites for hydroxylation is 1. The molecule has 0 amide bonds. The van der Waals surface area contributed by atoms with Crippen LogP contribution in [0.2, 0.25) is 0 Å². The number of sulfonamides is 1. The fourth-order valence-corrected chi connectivity index (χ4v) is 6.65. The number of nitrogens with one attached hydrogen (secondary N) is 3. The molecule has 0 unspecified atom stereocenters. The Bertz CT molecular complexity index is 1670. The molecule has 3 N–H and O–H groups in total. The molecule has 2 atom stereocenters. The maximum atomic E-state index is 13.0. The van der Waals surface area contributed by atoms with E-state index < -0.39 is 10.0 Å². The van der Waals surface area contributed by atoms with Crippen LogP contribution in [0.3, 0.4) is 0 Å². The normalized spacial score (nSPS) is 17.6. The van der Waals surface area contributed by atoms with Gasteiger partial charge in [0.1, 0.15) is 5.75 Å². The molecule has 10 heteroatoms. The van der Waals surface area contributed by atoms with Gasteiger partial charge in [-0.2, -0.15) is 0 Å². The summed E-state index contributed by atoms with van der Waals surface area (Å²) in [6, 6.07) is 15.3. The second kappa shape index (κ2) is 12.2. The molecule has 1 aliphatic heterocycles. The molecular weight excluding hydrogens is 548 g/mol. The predicted octanol–water partition coefficient (Wildman–Crippen LogP) is 6.38. The van der Waals surface area contributed by atoms with Crippen molar-refractivity contribution in [2.75, 3.05) is 28.9 Å². The molecule has 222 valence electrons. The highest BCUT2D eigenvalue weighted by Gasteiger charge is 2.22. The first-order valence-corrected chi connectivity index (χ1v) is 16.1. The molecule has 0 bridgehead atoms. The topological polar surface area (TPSA) is 118 Å². The maximum Gasteiger partial charge on any atom is 0.232 e. The molecule has 0 aliphatic carbocycles. The van der Waals surface area contributed by atoms with Crippen molar-refractivity contribution < 1.29 is 13.2 Å². The second-order valence-electron chi connectivity index (χ2n) is 12.4. The van der Waals surface area contributed by atoms with Crippen molar-refractivity contribution in [1.82, 2.24) is 20.3 Å². The van der Waals surface area contributed by atoms with E-state index in [1.165, 1.54) is 0 Å². The van der Waals surface area contributed by atoms with Crippen LogP contribution in [0.1, 0.15) is 46.1 Å². The summed E-state index contributed by atoms with van der Waals surface area (Å²) < 4.78 is 35.3. The van der Waals surface area contributed by atoms with Gasteiger partial charge < -0.3 is 15.4 Å². The second-order valence-corrected chi connectivity index (χ2v) is 14.3. The molecule has 1 fully saturated rings. The zero-order valence-electron chi connectivity index (χ0n) is 24.9. The zero-order valence-corrected chi connectivity index (χ0v) is 25.8. The lowest BCUT2D eigenvalue weighted by molar-refractivity contribution is 0.377. The summed E-state index contributed by atoms with van der Waals surface area (Å²) in [6.45, 7) is 12.1. The third-order valence-corrected chi connectivity index (χ3v) is 8.64.